The molecule has 2 atom stereocenters. The average Bonchev–Trinajstić information content (AvgIpc) is 4.01. The quantitative estimate of drug-likeness (QED) is 0.103. The molecule has 2 unspecified atom stereocenters. The summed E-state index contributed by atoms with van der Waals surface area (Å²) in [6.45, 7) is 36.5. The Morgan fingerprint density at radius 3 is 1.00 bits per heavy atom. The minimum atomic E-state index is -0.252. The van der Waals surface area contributed by atoms with Gasteiger partial charge in [0.25, 0.3) is 0 Å². The van der Waals surface area contributed by atoms with Crippen molar-refractivity contribution in [3.8, 4) is 11.5 Å². The van der Waals surface area contributed by atoms with E-state index in [0.717, 1.165) is 89.3 Å². The molecule has 4 rings (SSSR count). The lowest BCUT2D eigenvalue weighted by molar-refractivity contribution is 0.276. The molecule has 0 spiro atoms. The molecule has 276 valence electrons. The van der Waals surface area contributed by atoms with E-state index >= 15 is 0 Å². The molecule has 2 heterocycles. The first-order valence-electron chi connectivity index (χ1n) is 19.7. The number of epoxide rings is 2. The summed E-state index contributed by atoms with van der Waals surface area (Å²) < 4.78 is 24.7. The van der Waals surface area contributed by atoms with Gasteiger partial charge in [0.2, 0.25) is 0 Å². The van der Waals surface area contributed by atoms with Crippen LogP contribution in [-0.4, -0.2) is 38.6 Å². The summed E-state index contributed by atoms with van der Waals surface area (Å²) in [5.74, 6) is 2.21. The first-order chi connectivity index (χ1) is 22.8. The fourth-order valence-corrected chi connectivity index (χ4v) is 6.67. The maximum absolute atomic E-state index is 6.85. The van der Waals surface area contributed by atoms with Gasteiger partial charge in [-0.25, -0.2) is 0 Å². The van der Waals surface area contributed by atoms with E-state index in [0.29, 0.717) is 12.2 Å². The van der Waals surface area contributed by atoms with Crippen molar-refractivity contribution in [1.82, 2.24) is 0 Å². The van der Waals surface area contributed by atoms with Crippen molar-refractivity contribution in [3.05, 3.63) is 57.6 Å². The zero-order valence-corrected chi connectivity index (χ0v) is 34.1. The number of ether oxygens (including phenoxy) is 4. The van der Waals surface area contributed by atoms with E-state index in [4.69, 9.17) is 18.9 Å². The van der Waals surface area contributed by atoms with Gasteiger partial charge in [-0.15, -0.1) is 0 Å². The van der Waals surface area contributed by atoms with Crippen LogP contribution in [0.4, 0.5) is 0 Å². The summed E-state index contributed by atoms with van der Waals surface area (Å²) in [5, 5.41) is 0. The van der Waals surface area contributed by atoms with E-state index in [-0.39, 0.29) is 27.1 Å². The molecule has 0 saturated carbocycles. The van der Waals surface area contributed by atoms with Crippen molar-refractivity contribution in [2.45, 2.75) is 188 Å². The fraction of sp³-hybridized carbons (Fsp3) is 0.733. The molecule has 0 N–H and O–H groups in total. The predicted molar refractivity (Wildman–Crippen MR) is 207 cm³/mol. The van der Waals surface area contributed by atoms with Crippen LogP contribution < -0.4 is 9.47 Å². The highest BCUT2D eigenvalue weighted by Gasteiger charge is 2.38. The van der Waals surface area contributed by atoms with Crippen molar-refractivity contribution in [3.63, 3.8) is 0 Å². The lowest BCUT2D eigenvalue weighted by Gasteiger charge is -2.38. The average molecular weight is 677 g/mol. The SMILES string of the molecule is CCC(C)(C)c1cc(C(C)(C)c2cc(C(C)(C)CC)c(OCCCC3CO3)c(C(C)(C)CC)c2)cc(C(C)(C)CC)c1OCCCC1CO1. The Morgan fingerprint density at radius 1 is 0.510 bits per heavy atom. The third-order valence-electron chi connectivity index (χ3n) is 12.7. The summed E-state index contributed by atoms with van der Waals surface area (Å²) in [7, 11) is 0. The molecule has 2 aromatic carbocycles. The molecule has 49 heavy (non-hydrogen) atoms. The van der Waals surface area contributed by atoms with Gasteiger partial charge in [0.05, 0.1) is 38.6 Å². The Hall–Kier alpha value is -2.04. The Balaban J connectivity index is 1.91. The van der Waals surface area contributed by atoms with Crippen molar-refractivity contribution in [2.75, 3.05) is 26.4 Å². The van der Waals surface area contributed by atoms with Gasteiger partial charge in [-0.05, 0) is 84.2 Å². The number of hydrogen-bond acceptors (Lipinski definition) is 4. The Labute approximate surface area is 301 Å². The molecule has 0 aliphatic carbocycles. The van der Waals surface area contributed by atoms with Crippen LogP contribution in [-0.2, 0) is 36.5 Å². The van der Waals surface area contributed by atoms with Crippen molar-refractivity contribution >= 4 is 0 Å². The van der Waals surface area contributed by atoms with E-state index in [9.17, 15) is 0 Å². The standard InChI is InChI=1S/C45H72O4/c1-15-41(5,6)35-25-31(26-36(42(7,8)16-2)39(35)46-23-19-21-33-29-48-33)45(13,14)32-27-37(43(9,10)17-3)40(38(28-32)44(11,12)18-4)47-24-20-22-34-30-49-34/h25-28,33-34H,15-24,29-30H2,1-14H3. The van der Waals surface area contributed by atoms with Gasteiger partial charge in [-0.3, -0.25) is 0 Å². The van der Waals surface area contributed by atoms with Gasteiger partial charge in [0, 0.05) is 27.7 Å². The molecule has 2 fully saturated rings. The second-order valence-electron chi connectivity index (χ2n) is 18.3. The number of rotatable bonds is 20. The molecular weight excluding hydrogens is 604 g/mol. The zero-order valence-electron chi connectivity index (χ0n) is 34.1. The maximum Gasteiger partial charge on any atom is 0.126 e. The van der Waals surface area contributed by atoms with Crippen LogP contribution in [0.25, 0.3) is 0 Å². The molecule has 0 radical (unpaired) electrons. The Bertz CT molecular complexity index is 1220. The number of benzene rings is 2. The third kappa shape index (κ3) is 9.26. The molecule has 2 saturated heterocycles. The first kappa shape index (κ1) is 39.7. The number of hydrogen-bond donors (Lipinski definition) is 0. The second-order valence-corrected chi connectivity index (χ2v) is 18.3. The highest BCUT2D eigenvalue weighted by molar-refractivity contribution is 5.58. The molecule has 4 nitrogen and oxygen atoms in total. The Kier molecular flexibility index (Phi) is 12.4. The van der Waals surface area contributed by atoms with Crippen LogP contribution in [0.3, 0.4) is 0 Å². The van der Waals surface area contributed by atoms with Crippen molar-refractivity contribution < 1.29 is 18.9 Å². The lowest BCUT2D eigenvalue weighted by atomic mass is 9.68. The normalized spacial score (nSPS) is 18.5. The summed E-state index contributed by atoms with van der Waals surface area (Å²) in [6.07, 6.45) is 9.21. The van der Waals surface area contributed by atoms with E-state index in [2.05, 4.69) is 121 Å². The fourth-order valence-electron chi connectivity index (χ4n) is 6.67. The zero-order chi connectivity index (χ0) is 36.4. The van der Waals surface area contributed by atoms with Gasteiger partial charge in [0.1, 0.15) is 11.5 Å². The van der Waals surface area contributed by atoms with Crippen LogP contribution in [0.5, 0.6) is 11.5 Å². The summed E-state index contributed by atoms with van der Waals surface area (Å²) in [4.78, 5) is 0. The van der Waals surface area contributed by atoms with Gasteiger partial charge in [-0.1, -0.05) is 121 Å². The van der Waals surface area contributed by atoms with Crippen LogP contribution in [0.2, 0.25) is 0 Å². The van der Waals surface area contributed by atoms with E-state index in [1.54, 1.807) is 0 Å². The Morgan fingerprint density at radius 2 is 0.776 bits per heavy atom. The van der Waals surface area contributed by atoms with Gasteiger partial charge < -0.3 is 18.9 Å². The maximum atomic E-state index is 6.85. The third-order valence-corrected chi connectivity index (χ3v) is 12.7. The van der Waals surface area contributed by atoms with Crippen molar-refractivity contribution in [2.24, 2.45) is 0 Å². The van der Waals surface area contributed by atoms with Crippen LogP contribution in [0, 0.1) is 0 Å². The highest BCUT2D eigenvalue weighted by Crippen LogP contribution is 2.49. The minimum absolute atomic E-state index is 0.0342. The smallest absolute Gasteiger partial charge is 0.126 e. The van der Waals surface area contributed by atoms with E-state index in [1.165, 1.54) is 33.4 Å². The van der Waals surface area contributed by atoms with Gasteiger partial charge in [-0.2, -0.15) is 0 Å². The van der Waals surface area contributed by atoms with Crippen molar-refractivity contribution in [1.29, 1.82) is 0 Å². The monoisotopic (exact) mass is 677 g/mol. The lowest BCUT2D eigenvalue weighted by Crippen LogP contribution is -2.29. The van der Waals surface area contributed by atoms with E-state index in [1.807, 2.05) is 0 Å². The van der Waals surface area contributed by atoms with Crippen LogP contribution in [0.1, 0.15) is 182 Å². The molecule has 2 aromatic rings. The highest BCUT2D eigenvalue weighted by atomic mass is 16.6. The molecule has 4 heteroatoms. The largest absolute Gasteiger partial charge is 0.493 e. The van der Waals surface area contributed by atoms with Gasteiger partial charge >= 0.3 is 0 Å². The topological polar surface area (TPSA) is 43.5 Å². The predicted octanol–water partition coefficient (Wildman–Crippen LogP) is 11.9. The molecular formula is C45H72O4. The van der Waals surface area contributed by atoms with Gasteiger partial charge in [0.15, 0.2) is 0 Å². The minimum Gasteiger partial charge on any atom is -0.493 e. The van der Waals surface area contributed by atoms with Crippen LogP contribution in [0.15, 0.2) is 24.3 Å². The second kappa shape index (κ2) is 15.3. The molecule has 2 aliphatic heterocycles. The molecule has 2 aliphatic rings. The summed E-state index contributed by atoms with van der Waals surface area (Å²) in [5.41, 5.74) is 7.67. The van der Waals surface area contributed by atoms with E-state index < -0.39 is 0 Å². The summed E-state index contributed by atoms with van der Waals surface area (Å²) >= 11 is 0. The molecule has 0 aromatic heterocycles. The molecule has 0 bridgehead atoms. The van der Waals surface area contributed by atoms with Crippen LogP contribution >= 0.6 is 0 Å². The molecule has 0 amide bonds. The summed E-state index contributed by atoms with van der Waals surface area (Å²) in [6, 6.07) is 9.99. The first-order valence-corrected chi connectivity index (χ1v) is 19.7.